The van der Waals surface area contributed by atoms with Crippen molar-refractivity contribution in [3.63, 3.8) is 0 Å². The molecule has 1 aromatic rings. The molecule has 1 atom stereocenters. The lowest BCUT2D eigenvalue weighted by Crippen LogP contribution is -2.35. The van der Waals surface area contributed by atoms with Gasteiger partial charge in [0.1, 0.15) is 5.82 Å². The number of esters is 1. The molecule has 6 heteroatoms. The summed E-state index contributed by atoms with van der Waals surface area (Å²) in [6.07, 6.45) is 0. The minimum absolute atomic E-state index is 0.0865. The zero-order valence-electron chi connectivity index (χ0n) is 12.4. The Labute approximate surface area is 128 Å². The Morgan fingerprint density at radius 1 is 1.27 bits per heavy atom. The predicted octanol–water partition coefficient (Wildman–Crippen LogP) is 1.47. The van der Waals surface area contributed by atoms with Gasteiger partial charge in [0.25, 0.3) is 0 Å². The molecular weight excluding hydrogens is 284 g/mol. The summed E-state index contributed by atoms with van der Waals surface area (Å²) < 4.78 is 5.03. The first kappa shape index (κ1) is 15.6. The van der Waals surface area contributed by atoms with Crippen molar-refractivity contribution in [2.24, 2.45) is 5.73 Å². The van der Waals surface area contributed by atoms with E-state index in [1.54, 1.807) is 38.1 Å². The Bertz CT molecular complexity index is 662. The number of allylic oxidation sites excluding steroid dienone is 1. The van der Waals surface area contributed by atoms with E-state index in [2.05, 4.69) is 5.32 Å². The van der Waals surface area contributed by atoms with E-state index in [4.69, 9.17) is 10.5 Å². The van der Waals surface area contributed by atoms with Crippen LogP contribution in [0, 0.1) is 0 Å². The van der Waals surface area contributed by atoms with E-state index in [-0.39, 0.29) is 23.6 Å². The fourth-order valence-corrected chi connectivity index (χ4v) is 2.55. The molecule has 0 saturated heterocycles. The van der Waals surface area contributed by atoms with Gasteiger partial charge in [-0.25, -0.2) is 9.59 Å². The normalized spacial score (nSPS) is 18.0. The molecule has 0 fully saturated rings. The number of nitrogens with two attached hydrogens (primary N) is 1. The molecule has 0 spiro atoms. The maximum atomic E-state index is 12.3. The van der Waals surface area contributed by atoms with Crippen LogP contribution in [0.2, 0.25) is 0 Å². The van der Waals surface area contributed by atoms with Crippen LogP contribution < -0.4 is 11.1 Å². The van der Waals surface area contributed by atoms with E-state index < -0.39 is 17.9 Å². The van der Waals surface area contributed by atoms with Crippen molar-refractivity contribution in [3.8, 4) is 0 Å². The molecule has 6 nitrogen and oxygen atoms in total. The van der Waals surface area contributed by atoms with Crippen molar-refractivity contribution < 1.29 is 19.4 Å². The van der Waals surface area contributed by atoms with Crippen molar-refractivity contribution in [2.45, 2.75) is 19.8 Å². The Morgan fingerprint density at radius 3 is 2.45 bits per heavy atom. The molecule has 0 bridgehead atoms. The third kappa shape index (κ3) is 2.81. The topological polar surface area (TPSA) is 102 Å². The number of aliphatic carboxylic acids is 1. The molecule has 116 valence electrons. The largest absolute Gasteiger partial charge is 0.478 e. The van der Waals surface area contributed by atoms with Crippen LogP contribution in [0.4, 0.5) is 0 Å². The number of rotatable bonds is 4. The van der Waals surface area contributed by atoms with Gasteiger partial charge in [0.2, 0.25) is 0 Å². The summed E-state index contributed by atoms with van der Waals surface area (Å²) >= 11 is 0. The van der Waals surface area contributed by atoms with Gasteiger partial charge < -0.3 is 20.9 Å². The van der Waals surface area contributed by atoms with Crippen LogP contribution in [0.3, 0.4) is 0 Å². The lowest BCUT2D eigenvalue weighted by atomic mass is 9.81. The summed E-state index contributed by atoms with van der Waals surface area (Å²) in [6.45, 7) is 3.48. The van der Waals surface area contributed by atoms with Crippen molar-refractivity contribution in [1.82, 2.24) is 5.32 Å². The minimum Gasteiger partial charge on any atom is -0.478 e. The van der Waals surface area contributed by atoms with Crippen molar-refractivity contribution in [3.05, 3.63) is 58.6 Å². The maximum absolute atomic E-state index is 12.3. The number of carboxylic acid groups (broad SMARTS) is 1. The summed E-state index contributed by atoms with van der Waals surface area (Å²) in [5.41, 5.74) is 7.22. The van der Waals surface area contributed by atoms with E-state index in [9.17, 15) is 14.7 Å². The van der Waals surface area contributed by atoms with Crippen molar-refractivity contribution in [1.29, 1.82) is 0 Å². The first-order valence-corrected chi connectivity index (χ1v) is 6.90. The second-order valence-corrected chi connectivity index (χ2v) is 4.86. The lowest BCUT2D eigenvalue weighted by Gasteiger charge is -2.29. The molecule has 0 aliphatic carbocycles. The van der Waals surface area contributed by atoms with Crippen LogP contribution >= 0.6 is 0 Å². The maximum Gasteiger partial charge on any atom is 0.338 e. The highest BCUT2D eigenvalue weighted by atomic mass is 16.5. The predicted molar refractivity (Wildman–Crippen MR) is 80.5 cm³/mol. The number of carboxylic acids is 1. The van der Waals surface area contributed by atoms with Crippen LogP contribution in [0.15, 0.2) is 53.0 Å². The molecule has 1 aliphatic heterocycles. The molecule has 22 heavy (non-hydrogen) atoms. The van der Waals surface area contributed by atoms with Crippen LogP contribution in [0.1, 0.15) is 25.3 Å². The highest BCUT2D eigenvalue weighted by Gasteiger charge is 2.37. The summed E-state index contributed by atoms with van der Waals surface area (Å²) in [7, 11) is 0. The van der Waals surface area contributed by atoms with Gasteiger partial charge in [-0.1, -0.05) is 30.3 Å². The van der Waals surface area contributed by atoms with Crippen LogP contribution in [-0.4, -0.2) is 23.7 Å². The molecule has 4 N–H and O–H groups in total. The number of benzene rings is 1. The van der Waals surface area contributed by atoms with E-state index >= 15 is 0 Å². The quantitative estimate of drug-likeness (QED) is 0.728. The summed E-state index contributed by atoms with van der Waals surface area (Å²) in [5.74, 6) is -2.37. The second kappa shape index (κ2) is 6.34. The number of ether oxygens (including phenoxy) is 1. The van der Waals surface area contributed by atoms with Gasteiger partial charge in [-0.05, 0) is 19.4 Å². The van der Waals surface area contributed by atoms with Gasteiger partial charge >= 0.3 is 11.9 Å². The fourth-order valence-electron chi connectivity index (χ4n) is 2.55. The molecule has 0 amide bonds. The molecule has 2 rings (SSSR count). The van der Waals surface area contributed by atoms with Gasteiger partial charge in [0, 0.05) is 5.70 Å². The number of carbonyl (C=O) groups excluding carboxylic acids is 1. The van der Waals surface area contributed by atoms with E-state index in [0.717, 1.165) is 0 Å². The highest BCUT2D eigenvalue weighted by molar-refractivity contribution is 5.99. The van der Waals surface area contributed by atoms with Gasteiger partial charge in [-0.2, -0.15) is 0 Å². The average Bonchev–Trinajstić information content (AvgIpc) is 2.47. The monoisotopic (exact) mass is 302 g/mol. The van der Waals surface area contributed by atoms with Gasteiger partial charge in [-0.3, -0.25) is 0 Å². The third-order valence-corrected chi connectivity index (χ3v) is 3.45. The molecule has 1 aliphatic rings. The number of carbonyl (C=O) groups is 2. The Morgan fingerprint density at radius 2 is 1.91 bits per heavy atom. The van der Waals surface area contributed by atoms with Crippen molar-refractivity contribution in [2.75, 3.05) is 6.61 Å². The summed E-state index contributed by atoms with van der Waals surface area (Å²) in [6, 6.07) is 8.91. The van der Waals surface area contributed by atoms with Gasteiger partial charge in [0.05, 0.1) is 23.7 Å². The number of hydrogen-bond donors (Lipinski definition) is 3. The smallest absolute Gasteiger partial charge is 0.338 e. The fraction of sp³-hybridized carbons (Fsp3) is 0.250. The van der Waals surface area contributed by atoms with Gasteiger partial charge in [0.15, 0.2) is 0 Å². The lowest BCUT2D eigenvalue weighted by molar-refractivity contribution is -0.138. The minimum atomic E-state index is -1.10. The molecular formula is C16H18N2O4. The van der Waals surface area contributed by atoms with E-state index in [1.165, 1.54) is 0 Å². The van der Waals surface area contributed by atoms with E-state index in [0.29, 0.717) is 11.3 Å². The zero-order chi connectivity index (χ0) is 16.3. The Hall–Kier alpha value is -2.76. The molecule has 0 radical (unpaired) electrons. The summed E-state index contributed by atoms with van der Waals surface area (Å²) in [5, 5.41) is 12.3. The number of nitrogens with one attached hydrogen (secondary N) is 1. The second-order valence-electron chi connectivity index (χ2n) is 4.86. The zero-order valence-corrected chi connectivity index (χ0v) is 12.4. The van der Waals surface area contributed by atoms with Crippen LogP contribution in [0.5, 0.6) is 0 Å². The standard InChI is InChI=1S/C16H18N2O4/c1-3-22-16(21)13-12(10-7-5-4-6-8-10)11(15(19)20)9(2)18-14(13)17/h4-8,12,18H,3,17H2,1-2H3,(H,19,20). The van der Waals surface area contributed by atoms with E-state index in [1.807, 2.05) is 6.07 Å². The molecule has 1 aromatic carbocycles. The first-order valence-electron chi connectivity index (χ1n) is 6.90. The van der Waals surface area contributed by atoms with Crippen molar-refractivity contribution >= 4 is 11.9 Å². The Kier molecular flexibility index (Phi) is 4.50. The number of hydrogen-bond acceptors (Lipinski definition) is 5. The SMILES string of the molecule is CCOC(=O)C1=C(N)NC(C)=C(C(=O)O)C1c1ccccc1. The average molecular weight is 302 g/mol. The van der Waals surface area contributed by atoms with Crippen LogP contribution in [0.25, 0.3) is 0 Å². The molecule has 1 heterocycles. The van der Waals surface area contributed by atoms with Gasteiger partial charge in [-0.15, -0.1) is 0 Å². The van der Waals surface area contributed by atoms with Crippen LogP contribution in [-0.2, 0) is 14.3 Å². The summed E-state index contributed by atoms with van der Waals surface area (Å²) in [4.78, 5) is 23.9. The first-order chi connectivity index (χ1) is 10.5. The third-order valence-electron chi connectivity index (χ3n) is 3.45. The molecule has 0 aromatic heterocycles. The Balaban J connectivity index is 2.62. The number of dihydropyridines is 1. The molecule has 0 saturated carbocycles. The molecule has 1 unspecified atom stereocenters. The highest BCUT2D eigenvalue weighted by Crippen LogP contribution is 2.37.